The summed E-state index contributed by atoms with van der Waals surface area (Å²) in [6.45, 7) is 0.822. The van der Waals surface area contributed by atoms with Crippen molar-refractivity contribution in [1.29, 1.82) is 0 Å². The molecule has 1 aromatic heterocycles. The molecule has 2 heterocycles. The highest BCUT2D eigenvalue weighted by Crippen LogP contribution is 2.40. The Morgan fingerprint density at radius 2 is 1.97 bits per heavy atom. The van der Waals surface area contributed by atoms with E-state index in [1.807, 2.05) is 36.4 Å². The van der Waals surface area contributed by atoms with Crippen molar-refractivity contribution in [2.24, 2.45) is 0 Å². The van der Waals surface area contributed by atoms with Gasteiger partial charge in [0.05, 0.1) is 18.2 Å². The minimum absolute atomic E-state index is 0.149. The number of rotatable bonds is 5. The fourth-order valence-corrected chi connectivity index (χ4v) is 4.50. The van der Waals surface area contributed by atoms with Crippen LogP contribution in [0.15, 0.2) is 54.6 Å². The van der Waals surface area contributed by atoms with Crippen LogP contribution in [0.2, 0.25) is 0 Å². The van der Waals surface area contributed by atoms with E-state index >= 15 is 0 Å². The maximum absolute atomic E-state index is 13.7. The number of amides is 1. The van der Waals surface area contributed by atoms with Crippen LogP contribution in [0.25, 0.3) is 10.9 Å². The Morgan fingerprint density at radius 3 is 2.79 bits per heavy atom. The monoisotopic (exact) mass is 386 g/mol. The molecule has 0 bridgehead atoms. The van der Waals surface area contributed by atoms with Crippen molar-refractivity contribution in [1.82, 2.24) is 9.88 Å². The van der Waals surface area contributed by atoms with Crippen LogP contribution in [-0.4, -0.2) is 35.5 Å². The lowest BCUT2D eigenvalue weighted by Crippen LogP contribution is -2.37. The highest BCUT2D eigenvalue weighted by molar-refractivity contribution is 6.06. The molecule has 1 saturated carbocycles. The average molecular weight is 386 g/mol. The molecule has 4 nitrogen and oxygen atoms in total. The number of pyridine rings is 1. The van der Waals surface area contributed by atoms with E-state index < -0.39 is 0 Å². The second kappa shape index (κ2) is 7.51. The summed E-state index contributed by atoms with van der Waals surface area (Å²) in [5.41, 5.74) is 4.04. The molecule has 4 heteroatoms. The van der Waals surface area contributed by atoms with E-state index in [9.17, 15) is 4.79 Å². The van der Waals surface area contributed by atoms with Crippen molar-refractivity contribution < 1.29 is 9.53 Å². The Hall–Kier alpha value is -2.88. The minimum Gasteiger partial charge on any atom is -0.497 e. The number of aromatic nitrogens is 1. The quantitative estimate of drug-likeness (QED) is 0.622. The molecule has 1 atom stereocenters. The Morgan fingerprint density at radius 1 is 1.10 bits per heavy atom. The van der Waals surface area contributed by atoms with Gasteiger partial charge in [0.2, 0.25) is 0 Å². The first-order valence-corrected chi connectivity index (χ1v) is 10.6. The molecule has 2 aromatic carbocycles. The highest BCUT2D eigenvalue weighted by Gasteiger charge is 2.32. The normalized spacial score (nSPS) is 18.9. The Bertz CT molecular complexity index is 1060. The number of benzene rings is 2. The van der Waals surface area contributed by atoms with Gasteiger partial charge in [-0.25, -0.2) is 0 Å². The lowest BCUT2D eigenvalue weighted by atomic mass is 10.0. The highest BCUT2D eigenvalue weighted by atomic mass is 16.5. The summed E-state index contributed by atoms with van der Waals surface area (Å²) >= 11 is 0. The molecule has 1 unspecified atom stereocenters. The molecular weight excluding hydrogens is 360 g/mol. The smallest absolute Gasteiger partial charge is 0.254 e. The van der Waals surface area contributed by atoms with Gasteiger partial charge in [0.25, 0.3) is 5.91 Å². The number of nitrogens with zero attached hydrogens (tertiary/aromatic N) is 2. The summed E-state index contributed by atoms with van der Waals surface area (Å²) < 4.78 is 5.37. The van der Waals surface area contributed by atoms with Gasteiger partial charge in [-0.3, -0.25) is 9.78 Å². The summed E-state index contributed by atoms with van der Waals surface area (Å²) in [7, 11) is 1.69. The predicted molar refractivity (Wildman–Crippen MR) is 114 cm³/mol. The average Bonchev–Trinajstić information content (AvgIpc) is 3.52. The second-order valence-electron chi connectivity index (χ2n) is 8.24. The molecule has 29 heavy (non-hydrogen) atoms. The van der Waals surface area contributed by atoms with Gasteiger partial charge >= 0.3 is 0 Å². The molecule has 0 N–H and O–H groups in total. The first-order chi connectivity index (χ1) is 14.2. The lowest BCUT2D eigenvalue weighted by Gasteiger charge is -2.26. The predicted octanol–water partition coefficient (Wildman–Crippen LogP) is 4.97. The summed E-state index contributed by atoms with van der Waals surface area (Å²) in [6.07, 6.45) is 5.32. The SMILES string of the molecule is COc1cccc(CC2CCCN2C(=O)c2cc(C3CC3)nc3ccccc23)c1. The Labute approximate surface area is 171 Å². The van der Waals surface area contributed by atoms with E-state index in [-0.39, 0.29) is 11.9 Å². The van der Waals surface area contributed by atoms with Crippen molar-refractivity contribution in [2.75, 3.05) is 13.7 Å². The molecular formula is C25H26N2O2. The number of methoxy groups -OCH3 is 1. The van der Waals surface area contributed by atoms with Crippen molar-refractivity contribution in [3.63, 3.8) is 0 Å². The van der Waals surface area contributed by atoms with E-state index in [2.05, 4.69) is 23.1 Å². The molecule has 1 aliphatic carbocycles. The maximum atomic E-state index is 13.7. The van der Waals surface area contributed by atoms with Gasteiger partial charge < -0.3 is 9.64 Å². The van der Waals surface area contributed by atoms with Crippen molar-refractivity contribution >= 4 is 16.8 Å². The minimum atomic E-state index is 0.149. The fraction of sp³-hybridized carbons (Fsp3) is 0.360. The first-order valence-electron chi connectivity index (χ1n) is 10.6. The summed E-state index contributed by atoms with van der Waals surface area (Å²) in [4.78, 5) is 20.6. The number of hydrogen-bond acceptors (Lipinski definition) is 3. The third kappa shape index (κ3) is 3.59. The number of carbonyl (C=O) groups excluding carboxylic acids is 1. The van der Waals surface area contributed by atoms with Gasteiger partial charge in [0.15, 0.2) is 0 Å². The molecule has 0 radical (unpaired) electrons. The molecule has 3 aromatic rings. The van der Waals surface area contributed by atoms with Crippen LogP contribution in [0.1, 0.15) is 53.2 Å². The van der Waals surface area contributed by atoms with E-state index in [0.717, 1.165) is 53.7 Å². The van der Waals surface area contributed by atoms with Crippen LogP contribution in [-0.2, 0) is 6.42 Å². The van der Waals surface area contributed by atoms with Crippen molar-refractivity contribution in [3.8, 4) is 5.75 Å². The molecule has 148 valence electrons. The lowest BCUT2D eigenvalue weighted by molar-refractivity contribution is 0.0738. The number of hydrogen-bond donors (Lipinski definition) is 0. The third-order valence-corrected chi connectivity index (χ3v) is 6.21. The first kappa shape index (κ1) is 18.2. The fourth-order valence-electron chi connectivity index (χ4n) is 4.50. The van der Waals surface area contributed by atoms with Crippen molar-refractivity contribution in [2.45, 2.75) is 44.1 Å². The summed E-state index contributed by atoms with van der Waals surface area (Å²) in [5.74, 6) is 1.54. The largest absolute Gasteiger partial charge is 0.497 e. The number of ether oxygens (including phenoxy) is 1. The van der Waals surface area contributed by atoms with Crippen LogP contribution in [0.4, 0.5) is 0 Å². The summed E-state index contributed by atoms with van der Waals surface area (Å²) in [6, 6.07) is 18.5. The van der Waals surface area contributed by atoms with Crippen LogP contribution in [0, 0.1) is 0 Å². The zero-order chi connectivity index (χ0) is 19.8. The third-order valence-electron chi connectivity index (χ3n) is 6.21. The van der Waals surface area contributed by atoms with E-state index in [1.165, 1.54) is 18.4 Å². The summed E-state index contributed by atoms with van der Waals surface area (Å²) in [5, 5.41) is 0.967. The molecule has 1 aliphatic heterocycles. The number of fused-ring (bicyclic) bond motifs is 1. The Kier molecular flexibility index (Phi) is 4.70. The molecule has 5 rings (SSSR count). The van der Waals surface area contributed by atoms with E-state index in [4.69, 9.17) is 9.72 Å². The number of para-hydroxylation sites is 1. The molecule has 2 fully saturated rings. The zero-order valence-electron chi connectivity index (χ0n) is 16.8. The van der Waals surface area contributed by atoms with Gasteiger partial charge in [0.1, 0.15) is 5.75 Å². The number of carbonyl (C=O) groups is 1. The van der Waals surface area contributed by atoms with Crippen LogP contribution < -0.4 is 4.74 Å². The molecule has 1 amide bonds. The maximum Gasteiger partial charge on any atom is 0.254 e. The van der Waals surface area contributed by atoms with Crippen LogP contribution in [0.5, 0.6) is 5.75 Å². The van der Waals surface area contributed by atoms with Gasteiger partial charge in [-0.1, -0.05) is 30.3 Å². The molecule has 2 aliphatic rings. The van der Waals surface area contributed by atoms with Crippen LogP contribution >= 0.6 is 0 Å². The van der Waals surface area contributed by atoms with Gasteiger partial charge in [-0.05, 0) is 61.9 Å². The van der Waals surface area contributed by atoms with Crippen molar-refractivity contribution in [3.05, 3.63) is 71.4 Å². The van der Waals surface area contributed by atoms with Gasteiger partial charge in [-0.15, -0.1) is 0 Å². The van der Waals surface area contributed by atoms with E-state index in [1.54, 1.807) is 7.11 Å². The number of likely N-dealkylation sites (tertiary alicyclic amines) is 1. The second-order valence-corrected chi connectivity index (χ2v) is 8.24. The molecule has 1 saturated heterocycles. The van der Waals surface area contributed by atoms with Gasteiger partial charge in [0, 0.05) is 29.6 Å². The topological polar surface area (TPSA) is 42.4 Å². The van der Waals surface area contributed by atoms with Crippen LogP contribution in [0.3, 0.4) is 0 Å². The standard InChI is InChI=1S/C25H26N2O2/c1-29-20-8-4-6-17(15-20)14-19-7-5-13-27(19)25(28)22-16-24(18-11-12-18)26-23-10-3-2-9-21(22)23/h2-4,6,8-10,15-16,18-19H,5,7,11-14H2,1H3. The molecule has 0 spiro atoms. The Balaban J connectivity index is 1.46. The van der Waals surface area contributed by atoms with Gasteiger partial charge in [-0.2, -0.15) is 0 Å². The zero-order valence-corrected chi connectivity index (χ0v) is 16.8. The van der Waals surface area contributed by atoms with E-state index in [0.29, 0.717) is 5.92 Å².